The van der Waals surface area contributed by atoms with E-state index in [2.05, 4.69) is 30.3 Å². The van der Waals surface area contributed by atoms with E-state index in [-0.39, 0.29) is 29.7 Å². The maximum Gasteiger partial charge on any atom is 0.164 e. The van der Waals surface area contributed by atoms with Crippen LogP contribution >= 0.6 is 11.3 Å². The van der Waals surface area contributed by atoms with Gasteiger partial charge in [-0.15, -0.1) is 11.3 Å². The van der Waals surface area contributed by atoms with Crippen LogP contribution in [0.3, 0.4) is 0 Å². The molecule has 2 aromatic heterocycles. The van der Waals surface area contributed by atoms with Crippen molar-refractivity contribution < 1.29 is 6.85 Å². The summed E-state index contributed by atoms with van der Waals surface area (Å²) in [4.78, 5) is 15.2. The predicted octanol–water partition coefficient (Wildman–Crippen LogP) is 12.2. The second-order valence-electron chi connectivity index (χ2n) is 11.7. The van der Waals surface area contributed by atoms with E-state index in [0.29, 0.717) is 23.0 Å². The molecule has 0 spiro atoms. The number of nitrogens with zero attached hydrogens (tertiary/aromatic N) is 3. The van der Waals surface area contributed by atoms with Gasteiger partial charge in [-0.05, 0) is 52.1 Å². The number of rotatable bonds is 6. The highest BCUT2D eigenvalue weighted by Gasteiger charge is 2.20. The van der Waals surface area contributed by atoms with E-state index in [1.54, 1.807) is 0 Å². The van der Waals surface area contributed by atoms with Crippen LogP contribution in [0.5, 0.6) is 0 Å². The molecule has 2 heterocycles. The molecule has 0 aliphatic heterocycles. The first-order valence-electron chi connectivity index (χ1n) is 18.5. The van der Waals surface area contributed by atoms with Crippen molar-refractivity contribution in [3.63, 3.8) is 0 Å². The molecule has 0 aliphatic rings. The van der Waals surface area contributed by atoms with E-state index < -0.39 is 6.04 Å². The van der Waals surface area contributed by atoms with Crippen LogP contribution in [-0.2, 0) is 0 Å². The van der Waals surface area contributed by atoms with Crippen molar-refractivity contribution in [2.75, 3.05) is 0 Å². The zero-order valence-corrected chi connectivity index (χ0v) is 26.9. The van der Waals surface area contributed by atoms with E-state index >= 15 is 0 Å². The second-order valence-corrected chi connectivity index (χ2v) is 12.7. The standard InChI is InChI=1S/C45H29N3S/c1-5-15-30(16-6-1)34-23-13-24-35(27-34)44-46-43(33-21-11-4-12-22-33)47-45(48-44)37-25-14-26-40-41(37)39-29-36(31-17-7-2-8-18-31)28-38(42(39)49-40)32-19-9-3-10-20-32/h1-29H/i3D,9D,10D,19D,20D. The van der Waals surface area contributed by atoms with Gasteiger partial charge in [-0.25, -0.2) is 15.0 Å². The van der Waals surface area contributed by atoms with Crippen molar-refractivity contribution in [2.45, 2.75) is 0 Å². The average Bonchev–Trinajstić information content (AvgIpc) is 3.62. The highest BCUT2D eigenvalue weighted by Crippen LogP contribution is 2.45. The molecule has 0 unspecified atom stereocenters. The van der Waals surface area contributed by atoms with Gasteiger partial charge in [0.15, 0.2) is 17.5 Å². The van der Waals surface area contributed by atoms with Gasteiger partial charge in [0.1, 0.15) is 0 Å². The number of thiophene rings is 1. The summed E-state index contributed by atoms with van der Waals surface area (Å²) in [6, 6.07) is 46.7. The van der Waals surface area contributed by atoms with Crippen molar-refractivity contribution in [3.8, 4) is 67.5 Å². The molecular formula is C45H29N3S. The van der Waals surface area contributed by atoms with Crippen LogP contribution in [0.1, 0.15) is 6.85 Å². The summed E-state index contributed by atoms with van der Waals surface area (Å²) in [5.74, 6) is 1.59. The second kappa shape index (κ2) is 12.4. The molecule has 0 bridgehead atoms. The molecule has 0 amide bonds. The minimum absolute atomic E-state index is 0.170. The summed E-state index contributed by atoms with van der Waals surface area (Å²) < 4.78 is 44.8. The van der Waals surface area contributed by atoms with Crippen LogP contribution in [0.15, 0.2) is 176 Å². The van der Waals surface area contributed by atoms with Gasteiger partial charge in [0.05, 0.1) is 6.85 Å². The third-order valence-electron chi connectivity index (χ3n) is 8.61. The Kier molecular flexibility index (Phi) is 6.08. The molecule has 0 N–H and O–H groups in total. The third kappa shape index (κ3) is 5.48. The van der Waals surface area contributed by atoms with Gasteiger partial charge in [-0.3, -0.25) is 0 Å². The fourth-order valence-corrected chi connectivity index (χ4v) is 7.52. The van der Waals surface area contributed by atoms with Gasteiger partial charge in [0.25, 0.3) is 0 Å². The van der Waals surface area contributed by atoms with Crippen molar-refractivity contribution in [3.05, 3.63) is 176 Å². The Morgan fingerprint density at radius 1 is 0.408 bits per heavy atom. The normalized spacial score (nSPS) is 12.7. The molecule has 9 aromatic rings. The molecular weight excluding hydrogens is 615 g/mol. The molecule has 0 saturated carbocycles. The van der Waals surface area contributed by atoms with Gasteiger partial charge in [-0.1, -0.05) is 152 Å². The molecule has 9 rings (SSSR count). The fraction of sp³-hybridized carbons (Fsp3) is 0. The summed E-state index contributed by atoms with van der Waals surface area (Å²) in [7, 11) is 0. The lowest BCUT2D eigenvalue weighted by Gasteiger charge is -2.11. The first-order valence-corrected chi connectivity index (χ1v) is 16.8. The molecule has 0 fully saturated rings. The SMILES string of the molecule is [2H]c1c([2H])c([2H])c(-c2cc(-c3ccccc3)cc3c2sc2cccc(-c4nc(-c5ccccc5)nc(-c5cccc(-c6ccccc6)c5)n4)c23)c([2H])c1[2H]. The summed E-state index contributed by atoms with van der Waals surface area (Å²) in [6.07, 6.45) is 0. The molecule has 230 valence electrons. The zero-order valence-electron chi connectivity index (χ0n) is 31.1. The van der Waals surface area contributed by atoms with Gasteiger partial charge in [0, 0.05) is 42.4 Å². The molecule has 0 saturated heterocycles. The highest BCUT2D eigenvalue weighted by molar-refractivity contribution is 7.26. The van der Waals surface area contributed by atoms with Crippen LogP contribution in [0.2, 0.25) is 0 Å². The largest absolute Gasteiger partial charge is 0.208 e. The van der Waals surface area contributed by atoms with Gasteiger partial charge in [-0.2, -0.15) is 0 Å². The summed E-state index contributed by atoms with van der Waals surface area (Å²) in [5, 5.41) is 1.79. The van der Waals surface area contributed by atoms with Gasteiger partial charge >= 0.3 is 0 Å². The van der Waals surface area contributed by atoms with Crippen LogP contribution in [0, 0.1) is 0 Å². The van der Waals surface area contributed by atoms with Crippen molar-refractivity contribution in [2.24, 2.45) is 0 Å². The highest BCUT2D eigenvalue weighted by atomic mass is 32.1. The van der Waals surface area contributed by atoms with Crippen molar-refractivity contribution in [1.29, 1.82) is 0 Å². The van der Waals surface area contributed by atoms with Crippen LogP contribution in [-0.4, -0.2) is 15.0 Å². The van der Waals surface area contributed by atoms with Crippen molar-refractivity contribution >= 4 is 31.5 Å². The quantitative estimate of drug-likeness (QED) is 0.180. The van der Waals surface area contributed by atoms with E-state index in [4.69, 9.17) is 21.8 Å². The van der Waals surface area contributed by atoms with E-state index in [1.807, 2.05) is 115 Å². The molecule has 49 heavy (non-hydrogen) atoms. The molecule has 0 atom stereocenters. The Bertz CT molecular complexity index is 2850. The number of aromatic nitrogens is 3. The molecule has 4 heteroatoms. The first-order chi connectivity index (χ1) is 26.4. The topological polar surface area (TPSA) is 38.7 Å². The van der Waals surface area contributed by atoms with Crippen LogP contribution in [0.25, 0.3) is 87.7 Å². The molecule has 7 aromatic carbocycles. The molecule has 0 radical (unpaired) electrons. The third-order valence-corrected chi connectivity index (χ3v) is 9.81. The summed E-state index contributed by atoms with van der Waals surface area (Å²) in [6.45, 7) is 0. The Morgan fingerprint density at radius 3 is 1.69 bits per heavy atom. The van der Waals surface area contributed by atoms with E-state index in [0.717, 1.165) is 59.1 Å². The summed E-state index contributed by atoms with van der Waals surface area (Å²) >= 11 is 1.52. The predicted molar refractivity (Wildman–Crippen MR) is 205 cm³/mol. The Hall–Kier alpha value is -6.23. The molecule has 3 nitrogen and oxygen atoms in total. The first kappa shape index (κ1) is 24.0. The lowest BCUT2D eigenvalue weighted by Crippen LogP contribution is -2.00. The minimum atomic E-state index is -0.419. The zero-order chi connectivity index (χ0) is 36.9. The number of hydrogen-bond donors (Lipinski definition) is 0. The molecule has 0 aliphatic carbocycles. The lowest BCUT2D eigenvalue weighted by molar-refractivity contribution is 1.08. The van der Waals surface area contributed by atoms with E-state index in [9.17, 15) is 0 Å². The Balaban J connectivity index is 1.33. The van der Waals surface area contributed by atoms with Gasteiger partial charge < -0.3 is 0 Å². The van der Waals surface area contributed by atoms with Crippen LogP contribution in [0.4, 0.5) is 0 Å². The van der Waals surface area contributed by atoms with Crippen molar-refractivity contribution in [1.82, 2.24) is 15.0 Å². The number of benzene rings is 7. The maximum absolute atomic E-state index is 8.92. The summed E-state index contributed by atoms with van der Waals surface area (Å²) in [5.41, 5.74) is 7.21. The van der Waals surface area contributed by atoms with Gasteiger partial charge in [0.2, 0.25) is 0 Å². The number of fused-ring (bicyclic) bond motifs is 3. The Morgan fingerprint density at radius 2 is 0.980 bits per heavy atom. The fourth-order valence-electron chi connectivity index (χ4n) is 6.29. The maximum atomic E-state index is 8.92. The monoisotopic (exact) mass is 648 g/mol. The smallest absolute Gasteiger partial charge is 0.164 e. The van der Waals surface area contributed by atoms with E-state index in [1.165, 1.54) is 11.3 Å². The number of hydrogen-bond acceptors (Lipinski definition) is 4. The minimum Gasteiger partial charge on any atom is -0.208 e. The lowest BCUT2D eigenvalue weighted by atomic mass is 9.95. The Labute approximate surface area is 295 Å². The average molecular weight is 649 g/mol. The van der Waals surface area contributed by atoms with Crippen LogP contribution < -0.4 is 0 Å².